The summed E-state index contributed by atoms with van der Waals surface area (Å²) in [6.07, 6.45) is 2.39. The summed E-state index contributed by atoms with van der Waals surface area (Å²) in [6.45, 7) is 4.08. The number of para-hydroxylation sites is 1. The summed E-state index contributed by atoms with van der Waals surface area (Å²) in [5.74, 6) is 1.90. The van der Waals surface area contributed by atoms with Gasteiger partial charge in [0.2, 0.25) is 17.8 Å². The Morgan fingerprint density at radius 1 is 1.00 bits per heavy atom. The van der Waals surface area contributed by atoms with E-state index in [0.29, 0.717) is 11.9 Å². The average molecular weight is 284 g/mol. The van der Waals surface area contributed by atoms with E-state index in [9.17, 15) is 0 Å². The molecule has 2 N–H and O–H groups in total. The summed E-state index contributed by atoms with van der Waals surface area (Å²) in [6, 6.07) is 8.09. The molecule has 0 saturated carbocycles. The van der Waals surface area contributed by atoms with Crippen molar-refractivity contribution < 1.29 is 0 Å². The molecule has 2 heterocycles. The standard InChI is InChI=1S/C15H20N6/c1-11-7-3-4-8-12(11)17-14-18-13(16-2)19-15(20-14)21-9-5-6-10-21/h3-4,7-8H,5-6,9-10H2,1-2H3,(H2,16,17,18,19,20). The molecule has 0 amide bonds. The van der Waals surface area contributed by atoms with Crippen LogP contribution in [0, 0.1) is 6.92 Å². The van der Waals surface area contributed by atoms with Crippen molar-refractivity contribution in [1.82, 2.24) is 15.0 Å². The zero-order valence-electron chi connectivity index (χ0n) is 12.4. The molecule has 3 rings (SSSR count). The largest absolute Gasteiger partial charge is 0.357 e. The molecule has 2 aromatic rings. The number of anilines is 4. The lowest BCUT2D eigenvalue weighted by Crippen LogP contribution is -2.22. The molecule has 6 heteroatoms. The highest BCUT2D eigenvalue weighted by Crippen LogP contribution is 2.22. The second-order valence-corrected chi connectivity index (χ2v) is 5.17. The maximum atomic E-state index is 4.55. The topological polar surface area (TPSA) is 66.0 Å². The van der Waals surface area contributed by atoms with Gasteiger partial charge in [0.1, 0.15) is 0 Å². The van der Waals surface area contributed by atoms with E-state index in [-0.39, 0.29) is 0 Å². The van der Waals surface area contributed by atoms with Gasteiger partial charge in [-0.25, -0.2) is 0 Å². The highest BCUT2D eigenvalue weighted by molar-refractivity contribution is 5.59. The zero-order valence-corrected chi connectivity index (χ0v) is 12.4. The fourth-order valence-electron chi connectivity index (χ4n) is 2.42. The van der Waals surface area contributed by atoms with Gasteiger partial charge in [0.25, 0.3) is 0 Å². The molecular formula is C15H20N6. The molecule has 0 bridgehead atoms. The van der Waals surface area contributed by atoms with Gasteiger partial charge in [-0.1, -0.05) is 18.2 Å². The normalized spacial score (nSPS) is 14.3. The third-order valence-electron chi connectivity index (χ3n) is 3.63. The molecular weight excluding hydrogens is 264 g/mol. The average Bonchev–Trinajstić information content (AvgIpc) is 3.04. The van der Waals surface area contributed by atoms with Gasteiger partial charge in [0.15, 0.2) is 0 Å². The molecule has 0 atom stereocenters. The van der Waals surface area contributed by atoms with Crippen LogP contribution in [0.5, 0.6) is 0 Å². The number of hydrogen-bond donors (Lipinski definition) is 2. The van der Waals surface area contributed by atoms with Gasteiger partial charge in [-0.3, -0.25) is 0 Å². The number of aryl methyl sites for hydroxylation is 1. The minimum absolute atomic E-state index is 0.575. The molecule has 0 unspecified atom stereocenters. The second-order valence-electron chi connectivity index (χ2n) is 5.17. The van der Waals surface area contributed by atoms with Crippen molar-refractivity contribution in [3.8, 4) is 0 Å². The van der Waals surface area contributed by atoms with Crippen LogP contribution in [0.1, 0.15) is 18.4 Å². The molecule has 1 fully saturated rings. The van der Waals surface area contributed by atoms with Crippen LogP contribution in [0.15, 0.2) is 24.3 Å². The first-order valence-electron chi connectivity index (χ1n) is 7.28. The van der Waals surface area contributed by atoms with Crippen LogP contribution in [0.4, 0.5) is 23.5 Å². The molecule has 0 radical (unpaired) electrons. The van der Waals surface area contributed by atoms with E-state index in [2.05, 4.69) is 43.5 Å². The summed E-state index contributed by atoms with van der Waals surface area (Å²) < 4.78 is 0. The molecule has 1 aromatic carbocycles. The molecule has 0 aliphatic carbocycles. The minimum atomic E-state index is 0.575. The summed E-state index contributed by atoms with van der Waals surface area (Å²) in [4.78, 5) is 15.6. The van der Waals surface area contributed by atoms with Crippen LogP contribution >= 0.6 is 0 Å². The first kappa shape index (κ1) is 13.6. The highest BCUT2D eigenvalue weighted by atomic mass is 15.3. The predicted octanol–water partition coefficient (Wildman–Crippen LogP) is 2.57. The fraction of sp³-hybridized carbons (Fsp3) is 0.400. The Balaban J connectivity index is 1.90. The molecule has 21 heavy (non-hydrogen) atoms. The third-order valence-corrected chi connectivity index (χ3v) is 3.63. The van der Waals surface area contributed by atoms with E-state index in [1.807, 2.05) is 25.2 Å². The number of hydrogen-bond acceptors (Lipinski definition) is 6. The lowest BCUT2D eigenvalue weighted by atomic mass is 10.2. The van der Waals surface area contributed by atoms with E-state index in [4.69, 9.17) is 0 Å². The Kier molecular flexibility index (Phi) is 3.85. The summed E-state index contributed by atoms with van der Waals surface area (Å²) in [5, 5.41) is 6.28. The van der Waals surface area contributed by atoms with Crippen LogP contribution < -0.4 is 15.5 Å². The van der Waals surface area contributed by atoms with Gasteiger partial charge in [-0.2, -0.15) is 15.0 Å². The molecule has 6 nitrogen and oxygen atoms in total. The summed E-state index contributed by atoms with van der Waals surface area (Å²) >= 11 is 0. The monoisotopic (exact) mass is 284 g/mol. The quantitative estimate of drug-likeness (QED) is 0.899. The molecule has 1 aromatic heterocycles. The van der Waals surface area contributed by atoms with E-state index < -0.39 is 0 Å². The molecule has 0 spiro atoms. The molecule has 1 saturated heterocycles. The van der Waals surface area contributed by atoms with E-state index in [1.54, 1.807) is 0 Å². The van der Waals surface area contributed by atoms with Crippen molar-refractivity contribution in [3.05, 3.63) is 29.8 Å². The summed E-state index contributed by atoms with van der Waals surface area (Å²) in [7, 11) is 1.82. The number of nitrogens with zero attached hydrogens (tertiary/aromatic N) is 4. The maximum Gasteiger partial charge on any atom is 0.233 e. The van der Waals surface area contributed by atoms with Gasteiger partial charge in [-0.15, -0.1) is 0 Å². The Labute approximate surface area is 124 Å². The van der Waals surface area contributed by atoms with Crippen molar-refractivity contribution in [2.24, 2.45) is 0 Å². The van der Waals surface area contributed by atoms with E-state index >= 15 is 0 Å². The van der Waals surface area contributed by atoms with Gasteiger partial charge in [-0.05, 0) is 31.4 Å². The molecule has 110 valence electrons. The van der Waals surface area contributed by atoms with E-state index in [1.165, 1.54) is 12.8 Å². The van der Waals surface area contributed by atoms with Gasteiger partial charge >= 0.3 is 0 Å². The van der Waals surface area contributed by atoms with Gasteiger partial charge < -0.3 is 15.5 Å². The zero-order chi connectivity index (χ0) is 14.7. The lowest BCUT2D eigenvalue weighted by molar-refractivity contribution is 0.884. The first-order valence-corrected chi connectivity index (χ1v) is 7.28. The minimum Gasteiger partial charge on any atom is -0.357 e. The second kappa shape index (κ2) is 5.95. The van der Waals surface area contributed by atoms with Crippen molar-refractivity contribution in [2.75, 3.05) is 35.7 Å². The van der Waals surface area contributed by atoms with Crippen molar-refractivity contribution >= 4 is 23.5 Å². The van der Waals surface area contributed by atoms with Gasteiger partial charge in [0.05, 0.1) is 0 Å². The van der Waals surface area contributed by atoms with Crippen LogP contribution in [-0.2, 0) is 0 Å². The molecule has 1 aliphatic rings. The number of rotatable bonds is 4. The van der Waals surface area contributed by atoms with Crippen LogP contribution in [0.2, 0.25) is 0 Å². The van der Waals surface area contributed by atoms with Crippen LogP contribution in [0.25, 0.3) is 0 Å². The lowest BCUT2D eigenvalue weighted by Gasteiger charge is -2.17. The van der Waals surface area contributed by atoms with Crippen molar-refractivity contribution in [2.45, 2.75) is 19.8 Å². The Morgan fingerprint density at radius 3 is 2.43 bits per heavy atom. The van der Waals surface area contributed by atoms with Crippen LogP contribution in [-0.4, -0.2) is 35.1 Å². The molecule has 1 aliphatic heterocycles. The summed E-state index contributed by atoms with van der Waals surface area (Å²) in [5.41, 5.74) is 2.17. The third kappa shape index (κ3) is 3.04. The fourth-order valence-corrected chi connectivity index (χ4v) is 2.42. The number of aromatic nitrogens is 3. The SMILES string of the molecule is CNc1nc(Nc2ccccc2C)nc(N2CCCC2)n1. The number of benzene rings is 1. The van der Waals surface area contributed by atoms with Crippen molar-refractivity contribution in [1.29, 1.82) is 0 Å². The Hall–Kier alpha value is -2.37. The number of nitrogens with one attached hydrogen (secondary N) is 2. The van der Waals surface area contributed by atoms with Gasteiger partial charge in [0, 0.05) is 25.8 Å². The predicted molar refractivity (Wildman–Crippen MR) is 85.3 cm³/mol. The van der Waals surface area contributed by atoms with Crippen LogP contribution in [0.3, 0.4) is 0 Å². The van der Waals surface area contributed by atoms with E-state index in [0.717, 1.165) is 30.3 Å². The Morgan fingerprint density at radius 2 is 1.71 bits per heavy atom. The Bertz CT molecular complexity index is 621. The smallest absolute Gasteiger partial charge is 0.233 e. The van der Waals surface area contributed by atoms with Crippen molar-refractivity contribution in [3.63, 3.8) is 0 Å². The maximum absolute atomic E-state index is 4.55. The first-order chi connectivity index (χ1) is 10.3. The highest BCUT2D eigenvalue weighted by Gasteiger charge is 2.17.